The van der Waals surface area contributed by atoms with E-state index >= 15 is 0 Å². The first kappa shape index (κ1) is 22.6. The molecule has 0 spiro atoms. The van der Waals surface area contributed by atoms with Crippen LogP contribution in [0.1, 0.15) is 32.3 Å². The molecule has 1 N–H and O–H groups in total. The van der Waals surface area contributed by atoms with Gasteiger partial charge in [0, 0.05) is 17.0 Å². The van der Waals surface area contributed by atoms with Crippen molar-refractivity contribution in [2.24, 2.45) is 4.99 Å². The number of aliphatic hydroxyl groups is 1. The highest BCUT2D eigenvalue weighted by atomic mass is 35.5. The number of carbonyl (C=O) groups is 2. The normalized spacial score (nSPS) is 16.2. The van der Waals surface area contributed by atoms with E-state index in [9.17, 15) is 14.7 Å². The lowest BCUT2D eigenvalue weighted by molar-refractivity contribution is -0.138. The quantitative estimate of drug-likeness (QED) is 0.502. The van der Waals surface area contributed by atoms with Crippen LogP contribution in [0.4, 0.5) is 0 Å². The molecule has 0 fully saturated rings. The molecule has 0 bridgehead atoms. The zero-order valence-electron chi connectivity index (χ0n) is 16.0. The number of ether oxygens (including phenoxy) is 2. The number of carbonyl (C=O) groups excluding carboxylic acids is 2. The van der Waals surface area contributed by atoms with Gasteiger partial charge in [0.1, 0.15) is 28.7 Å². The van der Waals surface area contributed by atoms with E-state index < -0.39 is 5.97 Å². The molecule has 0 aliphatic carbocycles. The van der Waals surface area contributed by atoms with Crippen LogP contribution in [0, 0.1) is 12.3 Å². The highest BCUT2D eigenvalue weighted by Crippen LogP contribution is 2.40. The number of amides is 1. The summed E-state index contributed by atoms with van der Waals surface area (Å²) in [6.45, 7) is 3.67. The minimum atomic E-state index is -0.751. The highest BCUT2D eigenvalue weighted by Gasteiger charge is 2.33. The summed E-state index contributed by atoms with van der Waals surface area (Å²) in [6.07, 6.45) is 7.68. The van der Waals surface area contributed by atoms with Crippen molar-refractivity contribution in [3.63, 3.8) is 0 Å². The molecular weight excluding hydrogens is 414 g/mol. The van der Waals surface area contributed by atoms with Crippen molar-refractivity contribution in [3.8, 4) is 18.1 Å². The summed E-state index contributed by atoms with van der Waals surface area (Å²) in [4.78, 5) is 28.6. The smallest absolute Gasteiger partial charge is 0.344 e. The molecule has 8 heteroatoms. The number of benzene rings is 1. The van der Waals surface area contributed by atoms with E-state index in [0.29, 0.717) is 27.7 Å². The van der Waals surface area contributed by atoms with Gasteiger partial charge in [0.2, 0.25) is 5.91 Å². The molecule has 0 unspecified atom stereocenters. The Hall–Kier alpha value is -2.69. The SMILES string of the molecule is C#CCOc1ccc(Cl)cc1/C=C1\SC(=NC(=O)CCC)C(C(=O)OCC)=C1O. The second-order valence-corrected chi connectivity index (χ2v) is 7.26. The molecule has 0 saturated heterocycles. The van der Waals surface area contributed by atoms with Gasteiger partial charge in [0.05, 0.1) is 11.5 Å². The molecule has 1 amide bonds. The maximum Gasteiger partial charge on any atom is 0.344 e. The predicted octanol–water partition coefficient (Wildman–Crippen LogP) is 4.54. The molecule has 1 aliphatic heterocycles. The molecule has 1 aromatic carbocycles. The van der Waals surface area contributed by atoms with Crippen LogP contribution in [0.2, 0.25) is 5.02 Å². The number of aliphatic imine (C=N–C) groups is 1. The Morgan fingerprint density at radius 2 is 2.14 bits per heavy atom. The van der Waals surface area contributed by atoms with Crippen molar-refractivity contribution in [3.05, 3.63) is 45.0 Å². The topological polar surface area (TPSA) is 85.2 Å². The number of thioether (sulfide) groups is 1. The van der Waals surface area contributed by atoms with Gasteiger partial charge in [-0.3, -0.25) is 4.79 Å². The van der Waals surface area contributed by atoms with Crippen molar-refractivity contribution < 1.29 is 24.2 Å². The number of esters is 1. The third-order valence-electron chi connectivity index (χ3n) is 3.63. The lowest BCUT2D eigenvalue weighted by Crippen LogP contribution is -2.14. The Morgan fingerprint density at radius 3 is 2.79 bits per heavy atom. The third kappa shape index (κ3) is 5.89. The summed E-state index contributed by atoms with van der Waals surface area (Å²) in [5.74, 6) is 1.38. The molecule has 0 aromatic heterocycles. The monoisotopic (exact) mass is 433 g/mol. The Kier molecular flexibility index (Phi) is 8.37. The third-order valence-corrected chi connectivity index (χ3v) is 4.88. The average Bonchev–Trinajstić information content (AvgIpc) is 2.96. The molecule has 1 aliphatic rings. The Morgan fingerprint density at radius 1 is 1.38 bits per heavy atom. The molecule has 1 aromatic rings. The summed E-state index contributed by atoms with van der Waals surface area (Å²) >= 11 is 7.07. The van der Waals surface area contributed by atoms with Crippen molar-refractivity contribution in [1.82, 2.24) is 0 Å². The first-order valence-electron chi connectivity index (χ1n) is 8.89. The van der Waals surface area contributed by atoms with E-state index in [1.807, 2.05) is 6.92 Å². The van der Waals surface area contributed by atoms with Crippen LogP contribution in [0.5, 0.6) is 5.75 Å². The van der Waals surface area contributed by atoms with Crippen LogP contribution in [-0.2, 0) is 14.3 Å². The van der Waals surface area contributed by atoms with Crippen molar-refractivity contribution >= 4 is 46.4 Å². The van der Waals surface area contributed by atoms with Gasteiger partial charge in [-0.2, -0.15) is 0 Å². The minimum Gasteiger partial charge on any atom is -0.506 e. The molecule has 6 nitrogen and oxygen atoms in total. The van der Waals surface area contributed by atoms with Gasteiger partial charge < -0.3 is 14.6 Å². The molecule has 0 atom stereocenters. The Bertz CT molecular complexity index is 943. The van der Waals surface area contributed by atoms with E-state index in [1.54, 1.807) is 31.2 Å². The van der Waals surface area contributed by atoms with E-state index in [2.05, 4.69) is 10.9 Å². The van der Waals surface area contributed by atoms with Crippen LogP contribution < -0.4 is 4.74 Å². The number of terminal acetylenes is 1. The standard InChI is InChI=1S/C21H20ClNO5S/c1-4-7-17(24)23-20-18(21(26)27-6-3)19(25)16(29-20)12-13-11-14(22)8-9-15(13)28-10-5-2/h2,8-9,11-12,25H,4,6-7,10H2,1,3H3/b16-12-,23-20?. The number of aliphatic hydroxyl groups excluding tert-OH is 1. The van der Waals surface area contributed by atoms with Crippen molar-refractivity contribution in [2.75, 3.05) is 13.2 Å². The first-order valence-corrected chi connectivity index (χ1v) is 10.1. The lowest BCUT2D eigenvalue weighted by atomic mass is 10.1. The van der Waals surface area contributed by atoms with Gasteiger partial charge in [0.25, 0.3) is 0 Å². The second kappa shape index (κ2) is 10.7. The summed E-state index contributed by atoms with van der Waals surface area (Å²) in [6, 6.07) is 4.93. The fraction of sp³-hybridized carbons (Fsp3) is 0.286. The Balaban J connectivity index is 2.51. The molecule has 2 rings (SSSR count). The zero-order chi connectivity index (χ0) is 21.4. The molecular formula is C21H20ClNO5S. The maximum atomic E-state index is 12.3. The van der Waals surface area contributed by atoms with Crippen LogP contribution in [-0.4, -0.2) is 35.2 Å². The summed E-state index contributed by atoms with van der Waals surface area (Å²) in [7, 11) is 0. The average molecular weight is 434 g/mol. The molecule has 1 heterocycles. The number of hydrogen-bond donors (Lipinski definition) is 1. The van der Waals surface area contributed by atoms with Crippen LogP contribution in [0.15, 0.2) is 39.4 Å². The van der Waals surface area contributed by atoms with E-state index in [1.165, 1.54) is 0 Å². The van der Waals surface area contributed by atoms with Crippen LogP contribution in [0.3, 0.4) is 0 Å². The summed E-state index contributed by atoms with van der Waals surface area (Å²) < 4.78 is 10.5. The molecule has 152 valence electrons. The van der Waals surface area contributed by atoms with Crippen molar-refractivity contribution in [1.29, 1.82) is 0 Å². The fourth-order valence-corrected chi connectivity index (χ4v) is 3.60. The van der Waals surface area contributed by atoms with Crippen molar-refractivity contribution in [2.45, 2.75) is 26.7 Å². The van der Waals surface area contributed by atoms with E-state index in [0.717, 1.165) is 11.8 Å². The second-order valence-electron chi connectivity index (χ2n) is 5.79. The first-order chi connectivity index (χ1) is 13.9. The van der Waals surface area contributed by atoms with Gasteiger partial charge in [-0.25, -0.2) is 9.79 Å². The summed E-state index contributed by atoms with van der Waals surface area (Å²) in [5, 5.41) is 11.2. The molecule has 0 radical (unpaired) electrons. The van der Waals surface area contributed by atoms with E-state index in [-0.39, 0.29) is 41.9 Å². The number of hydrogen-bond acceptors (Lipinski definition) is 6. The fourth-order valence-electron chi connectivity index (χ4n) is 2.40. The van der Waals surface area contributed by atoms with Gasteiger partial charge in [-0.05, 0) is 37.6 Å². The molecule has 29 heavy (non-hydrogen) atoms. The maximum absolute atomic E-state index is 12.3. The Labute approximate surface area is 178 Å². The van der Waals surface area contributed by atoms with E-state index in [4.69, 9.17) is 27.5 Å². The highest BCUT2D eigenvalue weighted by molar-refractivity contribution is 8.18. The number of nitrogens with zero attached hydrogens (tertiary/aromatic N) is 1. The zero-order valence-corrected chi connectivity index (χ0v) is 17.6. The molecule has 0 saturated carbocycles. The summed E-state index contributed by atoms with van der Waals surface area (Å²) in [5.41, 5.74) is 0.409. The lowest BCUT2D eigenvalue weighted by Gasteiger charge is -2.08. The van der Waals surface area contributed by atoms with Gasteiger partial charge >= 0.3 is 5.97 Å². The van der Waals surface area contributed by atoms with Gasteiger partial charge in [-0.15, -0.1) is 6.42 Å². The van der Waals surface area contributed by atoms with Gasteiger partial charge in [-0.1, -0.05) is 36.2 Å². The predicted molar refractivity (Wildman–Crippen MR) is 115 cm³/mol. The largest absolute Gasteiger partial charge is 0.506 e. The number of halogens is 1. The van der Waals surface area contributed by atoms with Crippen LogP contribution in [0.25, 0.3) is 6.08 Å². The minimum absolute atomic E-state index is 0.0546. The number of rotatable bonds is 7. The van der Waals surface area contributed by atoms with Gasteiger partial charge in [0.15, 0.2) is 0 Å². The van der Waals surface area contributed by atoms with Crippen LogP contribution >= 0.6 is 23.4 Å².